The Hall–Kier alpha value is -1.13. The topological polar surface area (TPSA) is 32.6 Å². The fourth-order valence-corrected chi connectivity index (χ4v) is 3.94. The number of hydrogen-bond donors (Lipinski definition) is 1. The number of aromatic hydroxyl groups is 1. The third-order valence-corrected chi connectivity index (χ3v) is 5.10. The lowest BCUT2D eigenvalue weighted by Gasteiger charge is -2.17. The van der Waals surface area contributed by atoms with Crippen molar-refractivity contribution in [3.63, 3.8) is 0 Å². The SMILES string of the molecule is CC(=Nc1c(C(C)C)cccc1C(C)C)c1cc(Br)cc(Br)c1O. The summed E-state index contributed by atoms with van der Waals surface area (Å²) in [7, 11) is 0. The molecule has 0 aliphatic carbocycles. The second-order valence-electron chi connectivity index (χ2n) is 6.58. The van der Waals surface area contributed by atoms with Crippen LogP contribution in [0.4, 0.5) is 5.69 Å². The molecule has 0 saturated carbocycles. The molecule has 0 fully saturated rings. The lowest BCUT2D eigenvalue weighted by Crippen LogP contribution is -2.00. The normalized spacial score (nSPS) is 12.3. The van der Waals surface area contributed by atoms with Gasteiger partial charge >= 0.3 is 0 Å². The van der Waals surface area contributed by atoms with Gasteiger partial charge in [0.25, 0.3) is 0 Å². The third kappa shape index (κ3) is 4.09. The van der Waals surface area contributed by atoms with Gasteiger partial charge in [-0.15, -0.1) is 0 Å². The number of phenolic OH excluding ortho intramolecular Hbond substituents is 1. The van der Waals surface area contributed by atoms with E-state index in [1.54, 1.807) is 0 Å². The first-order chi connectivity index (χ1) is 11.2. The zero-order valence-corrected chi connectivity index (χ0v) is 17.9. The Morgan fingerprint density at radius 1 is 1.00 bits per heavy atom. The highest BCUT2D eigenvalue weighted by Gasteiger charge is 2.15. The van der Waals surface area contributed by atoms with Crippen molar-refractivity contribution in [1.82, 2.24) is 0 Å². The van der Waals surface area contributed by atoms with Gasteiger partial charge in [0.05, 0.1) is 10.2 Å². The van der Waals surface area contributed by atoms with Crippen LogP contribution >= 0.6 is 31.9 Å². The smallest absolute Gasteiger partial charge is 0.138 e. The van der Waals surface area contributed by atoms with E-state index in [1.807, 2.05) is 19.1 Å². The van der Waals surface area contributed by atoms with Gasteiger partial charge in [0.15, 0.2) is 0 Å². The van der Waals surface area contributed by atoms with Gasteiger partial charge in [-0.2, -0.15) is 0 Å². The van der Waals surface area contributed by atoms with Gasteiger partial charge in [-0.3, -0.25) is 4.99 Å². The Kier molecular flexibility index (Phi) is 6.27. The van der Waals surface area contributed by atoms with Gasteiger partial charge in [-0.1, -0.05) is 61.8 Å². The number of para-hydroxylation sites is 1. The second-order valence-corrected chi connectivity index (χ2v) is 8.35. The van der Waals surface area contributed by atoms with Crippen LogP contribution in [0.5, 0.6) is 5.75 Å². The van der Waals surface area contributed by atoms with E-state index in [0.29, 0.717) is 16.3 Å². The van der Waals surface area contributed by atoms with Crippen LogP contribution in [0.1, 0.15) is 63.1 Å². The molecule has 4 heteroatoms. The zero-order chi connectivity index (χ0) is 18.0. The molecule has 2 nitrogen and oxygen atoms in total. The molecule has 1 N–H and O–H groups in total. The molecule has 2 rings (SSSR count). The van der Waals surface area contributed by atoms with Crippen molar-refractivity contribution < 1.29 is 5.11 Å². The van der Waals surface area contributed by atoms with Gasteiger partial charge in [0, 0.05) is 15.7 Å². The first kappa shape index (κ1) is 19.2. The molecule has 0 unspecified atom stereocenters. The first-order valence-electron chi connectivity index (χ1n) is 8.08. The molecule has 0 atom stereocenters. The average molecular weight is 453 g/mol. The molecule has 0 bridgehead atoms. The predicted octanol–water partition coefficient (Wildman–Crippen LogP) is 7.30. The number of benzene rings is 2. The van der Waals surface area contributed by atoms with Crippen LogP contribution < -0.4 is 0 Å². The Bertz CT molecular complexity index is 753. The fraction of sp³-hybridized carbons (Fsp3) is 0.350. The summed E-state index contributed by atoms with van der Waals surface area (Å²) in [5.41, 5.74) is 5.01. The molecule has 0 heterocycles. The van der Waals surface area contributed by atoms with Gasteiger partial charge < -0.3 is 5.11 Å². The maximum Gasteiger partial charge on any atom is 0.138 e. The van der Waals surface area contributed by atoms with E-state index in [9.17, 15) is 5.11 Å². The van der Waals surface area contributed by atoms with Gasteiger partial charge in [-0.05, 0) is 57.9 Å². The second kappa shape index (κ2) is 7.83. The van der Waals surface area contributed by atoms with Gasteiger partial charge in [0.2, 0.25) is 0 Å². The summed E-state index contributed by atoms with van der Waals surface area (Å²) in [6.45, 7) is 10.7. The van der Waals surface area contributed by atoms with Crippen molar-refractivity contribution in [3.8, 4) is 5.75 Å². The lowest BCUT2D eigenvalue weighted by atomic mass is 9.92. The van der Waals surface area contributed by atoms with Crippen molar-refractivity contribution in [2.45, 2.75) is 46.5 Å². The van der Waals surface area contributed by atoms with Crippen LogP contribution in [0.15, 0.2) is 44.3 Å². The van der Waals surface area contributed by atoms with Crippen LogP contribution in [0.2, 0.25) is 0 Å². The largest absolute Gasteiger partial charge is 0.506 e. The zero-order valence-electron chi connectivity index (χ0n) is 14.7. The van der Waals surface area contributed by atoms with Crippen LogP contribution in [-0.2, 0) is 0 Å². The maximum absolute atomic E-state index is 10.4. The predicted molar refractivity (Wildman–Crippen MR) is 110 cm³/mol. The molecule has 0 aromatic heterocycles. The first-order valence-corrected chi connectivity index (χ1v) is 9.67. The molecule has 2 aromatic carbocycles. The molecule has 0 spiro atoms. The van der Waals surface area contributed by atoms with Gasteiger partial charge in [-0.25, -0.2) is 0 Å². The number of aliphatic imine (C=N–C) groups is 1. The molecule has 0 aliphatic rings. The van der Waals surface area contributed by atoms with E-state index < -0.39 is 0 Å². The summed E-state index contributed by atoms with van der Waals surface area (Å²) < 4.78 is 1.56. The summed E-state index contributed by atoms with van der Waals surface area (Å²) in [4.78, 5) is 4.93. The van der Waals surface area contributed by atoms with Crippen LogP contribution in [-0.4, -0.2) is 10.8 Å². The van der Waals surface area contributed by atoms with E-state index in [0.717, 1.165) is 21.4 Å². The molecule has 0 aliphatic heterocycles. The summed E-state index contributed by atoms with van der Waals surface area (Å²) in [6, 6.07) is 10.1. The monoisotopic (exact) mass is 451 g/mol. The van der Waals surface area contributed by atoms with Gasteiger partial charge in [0.1, 0.15) is 5.75 Å². The van der Waals surface area contributed by atoms with E-state index in [2.05, 4.69) is 77.8 Å². The fourth-order valence-electron chi connectivity index (χ4n) is 2.71. The number of phenols is 1. The summed E-state index contributed by atoms with van der Waals surface area (Å²) in [5, 5.41) is 10.4. The molecular formula is C20H23Br2NO. The molecule has 0 radical (unpaired) electrons. The van der Waals surface area contributed by atoms with Crippen LogP contribution in [0.25, 0.3) is 0 Å². The van der Waals surface area contributed by atoms with E-state index in [4.69, 9.17) is 4.99 Å². The highest BCUT2D eigenvalue weighted by molar-refractivity contribution is 9.11. The standard InChI is InChI=1S/C20H23Br2NO/c1-11(2)15-7-6-8-16(12(3)4)19(15)23-13(5)17-9-14(21)10-18(22)20(17)24/h6-12,24H,1-5H3. The minimum atomic E-state index is 0.215. The number of hydrogen-bond acceptors (Lipinski definition) is 2. The molecule has 0 amide bonds. The highest BCUT2D eigenvalue weighted by Crippen LogP contribution is 2.37. The van der Waals surface area contributed by atoms with Crippen molar-refractivity contribution in [2.75, 3.05) is 0 Å². The Morgan fingerprint density at radius 3 is 2.04 bits per heavy atom. The van der Waals surface area contributed by atoms with Crippen LogP contribution in [0.3, 0.4) is 0 Å². The molecular weight excluding hydrogens is 430 g/mol. The summed E-state index contributed by atoms with van der Waals surface area (Å²) in [6.07, 6.45) is 0. The molecule has 24 heavy (non-hydrogen) atoms. The van der Waals surface area contributed by atoms with Crippen molar-refractivity contribution in [3.05, 3.63) is 56.0 Å². The highest BCUT2D eigenvalue weighted by atomic mass is 79.9. The lowest BCUT2D eigenvalue weighted by molar-refractivity contribution is 0.470. The average Bonchev–Trinajstić information content (AvgIpc) is 2.50. The Labute approximate surface area is 161 Å². The van der Waals surface area contributed by atoms with Crippen molar-refractivity contribution in [1.29, 1.82) is 0 Å². The minimum absolute atomic E-state index is 0.215. The summed E-state index contributed by atoms with van der Waals surface area (Å²) >= 11 is 6.87. The molecule has 0 saturated heterocycles. The maximum atomic E-state index is 10.4. The van der Waals surface area contributed by atoms with E-state index >= 15 is 0 Å². The quantitative estimate of drug-likeness (QED) is 0.484. The Balaban J connectivity index is 2.67. The number of rotatable bonds is 4. The van der Waals surface area contributed by atoms with E-state index in [1.165, 1.54) is 11.1 Å². The third-order valence-electron chi connectivity index (χ3n) is 4.04. The number of halogens is 2. The minimum Gasteiger partial charge on any atom is -0.506 e. The van der Waals surface area contributed by atoms with E-state index in [-0.39, 0.29) is 5.75 Å². The molecule has 128 valence electrons. The Morgan fingerprint density at radius 2 is 1.54 bits per heavy atom. The van der Waals surface area contributed by atoms with Crippen LogP contribution in [0, 0.1) is 0 Å². The molecule has 2 aromatic rings. The van der Waals surface area contributed by atoms with Crippen molar-refractivity contribution in [2.24, 2.45) is 4.99 Å². The van der Waals surface area contributed by atoms with Crippen molar-refractivity contribution >= 4 is 43.3 Å². The summed E-state index contributed by atoms with van der Waals surface area (Å²) in [5.74, 6) is 0.990. The number of nitrogens with zero attached hydrogens (tertiary/aromatic N) is 1.